The molecule has 4 aliphatic heterocycles. The fraction of sp³-hybridized carbons (Fsp3) is 0.263. The molecule has 14 nitrogen and oxygen atoms in total. The molecule has 0 radical (unpaired) electrons. The molecule has 180 valence electrons. The van der Waals surface area contributed by atoms with Crippen molar-refractivity contribution < 1.29 is 28.9 Å². The number of amidine groups is 1. The number of oxime groups is 1. The van der Waals surface area contributed by atoms with Crippen molar-refractivity contribution in [3.05, 3.63) is 34.5 Å². The number of nitrogens with one attached hydrogen (secondary N) is 1. The van der Waals surface area contributed by atoms with Gasteiger partial charge in [-0.2, -0.15) is 0 Å². The molecule has 0 bridgehead atoms. The number of anilines is 1. The van der Waals surface area contributed by atoms with E-state index in [0.29, 0.717) is 11.4 Å². The molecule has 3 atom stereocenters. The Balaban J connectivity index is 1.37. The zero-order valence-electron chi connectivity index (χ0n) is 18.0. The third kappa shape index (κ3) is 3.80. The minimum Gasteiger partial charge on any atom is -0.543 e. The summed E-state index contributed by atoms with van der Waals surface area (Å²) < 4.78 is -0.135. The van der Waals surface area contributed by atoms with Crippen LogP contribution >= 0.6 is 23.1 Å². The number of amides is 2. The maximum absolute atomic E-state index is 13.0. The lowest BCUT2D eigenvalue weighted by atomic mass is 10.0. The van der Waals surface area contributed by atoms with E-state index in [0.717, 1.165) is 16.2 Å². The number of quaternary nitrogens is 1. The molecule has 0 aliphatic carbocycles. The quantitative estimate of drug-likeness (QED) is 0.184. The minimum absolute atomic E-state index is 0.114. The first kappa shape index (κ1) is 22.9. The number of hydrogen-bond acceptors (Lipinski definition) is 13. The molecule has 5 heterocycles. The third-order valence-electron chi connectivity index (χ3n) is 5.52. The van der Waals surface area contributed by atoms with E-state index < -0.39 is 29.2 Å². The Morgan fingerprint density at radius 3 is 3.00 bits per heavy atom. The van der Waals surface area contributed by atoms with E-state index >= 15 is 0 Å². The van der Waals surface area contributed by atoms with Crippen LogP contribution in [-0.2, 0) is 19.2 Å². The summed E-state index contributed by atoms with van der Waals surface area (Å²) in [4.78, 5) is 47.9. The van der Waals surface area contributed by atoms with Crippen LogP contribution < -0.4 is 16.2 Å². The van der Waals surface area contributed by atoms with Gasteiger partial charge < -0.3 is 25.8 Å². The van der Waals surface area contributed by atoms with Crippen LogP contribution in [0.5, 0.6) is 0 Å². The number of carbonyl (C=O) groups excluding carboxylic acids is 3. The van der Waals surface area contributed by atoms with Gasteiger partial charge in [-0.25, -0.2) is 4.98 Å². The monoisotopic (exact) mass is 515 g/mol. The van der Waals surface area contributed by atoms with Gasteiger partial charge in [0.2, 0.25) is 6.34 Å². The molecule has 0 spiro atoms. The van der Waals surface area contributed by atoms with Crippen molar-refractivity contribution in [2.24, 2.45) is 20.5 Å². The highest BCUT2D eigenvalue weighted by Gasteiger charge is 2.54. The highest BCUT2D eigenvalue weighted by Crippen LogP contribution is 2.41. The number of aliphatic carboxylic acids is 1. The number of nitrogens with two attached hydrogens (primary N) is 1. The highest BCUT2D eigenvalue weighted by atomic mass is 32.2. The van der Waals surface area contributed by atoms with Crippen molar-refractivity contribution in [2.45, 2.75) is 11.4 Å². The van der Waals surface area contributed by atoms with Gasteiger partial charge >= 0.3 is 0 Å². The largest absolute Gasteiger partial charge is 0.543 e. The summed E-state index contributed by atoms with van der Waals surface area (Å²) in [5.74, 6) is -1.99. The SMILES string of the molecule is CO/N=C(\C(=O)N[C@@H]1C(=O)N2C(C(=O)[O-])=C(C[N+]34C=NN=C3C=CC=N4)CSC12)c1csc(N)n1. The third-order valence-corrected chi connectivity index (χ3v) is 7.54. The van der Waals surface area contributed by atoms with E-state index in [1.54, 1.807) is 18.4 Å². The second-order valence-electron chi connectivity index (χ2n) is 7.59. The second kappa shape index (κ2) is 8.71. The molecule has 0 aromatic carbocycles. The van der Waals surface area contributed by atoms with Crippen LogP contribution in [0.2, 0.25) is 0 Å². The second-order valence-corrected chi connectivity index (χ2v) is 9.59. The van der Waals surface area contributed by atoms with Crippen LogP contribution in [0, 0.1) is 0 Å². The Bertz CT molecular complexity index is 1310. The number of aromatic nitrogens is 1. The summed E-state index contributed by atoms with van der Waals surface area (Å²) in [5, 5.41) is 31.9. The zero-order chi connectivity index (χ0) is 24.7. The zero-order valence-corrected chi connectivity index (χ0v) is 19.7. The van der Waals surface area contributed by atoms with Gasteiger partial charge in [-0.15, -0.1) is 27.7 Å². The number of hydrogen-bond donors (Lipinski definition) is 2. The Hall–Kier alpha value is -3.89. The van der Waals surface area contributed by atoms with Crippen LogP contribution in [0.4, 0.5) is 5.13 Å². The van der Waals surface area contributed by atoms with Crippen molar-refractivity contribution >= 4 is 70.1 Å². The van der Waals surface area contributed by atoms with Gasteiger partial charge in [0.1, 0.15) is 30.8 Å². The molecule has 16 heteroatoms. The number of β-lactam (4-membered cyclic amide) rings is 1. The molecular formula is C19H17N9O5S2. The Morgan fingerprint density at radius 2 is 2.29 bits per heavy atom. The van der Waals surface area contributed by atoms with Crippen molar-refractivity contribution in [2.75, 3.05) is 25.1 Å². The maximum Gasteiger partial charge on any atom is 0.279 e. The lowest BCUT2D eigenvalue weighted by molar-refractivity contribution is -0.738. The number of carbonyl (C=O) groups is 3. The number of rotatable bonds is 7. The predicted molar refractivity (Wildman–Crippen MR) is 126 cm³/mol. The van der Waals surface area contributed by atoms with Crippen LogP contribution in [0.15, 0.2) is 49.3 Å². The van der Waals surface area contributed by atoms with Crippen molar-refractivity contribution in [3.63, 3.8) is 0 Å². The van der Waals surface area contributed by atoms with Crippen LogP contribution in [0.25, 0.3) is 0 Å². The summed E-state index contributed by atoms with van der Waals surface area (Å²) in [5.41, 5.74) is 5.88. The van der Waals surface area contributed by atoms with Gasteiger partial charge in [0.05, 0.1) is 17.9 Å². The summed E-state index contributed by atoms with van der Waals surface area (Å²) in [7, 11) is 1.27. The molecular weight excluding hydrogens is 498 g/mol. The summed E-state index contributed by atoms with van der Waals surface area (Å²) >= 11 is 2.43. The molecule has 1 saturated heterocycles. The normalized spacial score (nSPS) is 26.8. The first-order valence-corrected chi connectivity index (χ1v) is 12.0. The van der Waals surface area contributed by atoms with Crippen molar-refractivity contribution in [3.8, 4) is 0 Å². The molecule has 1 aromatic rings. The van der Waals surface area contributed by atoms with E-state index in [-0.39, 0.29) is 39.1 Å². The summed E-state index contributed by atoms with van der Waals surface area (Å²) in [6.45, 7) is 0.114. The molecule has 5 rings (SSSR count). The lowest BCUT2D eigenvalue weighted by Gasteiger charge is -2.50. The number of nitrogen functional groups attached to an aromatic ring is 1. The van der Waals surface area contributed by atoms with Gasteiger partial charge in [-0.3, -0.25) is 14.5 Å². The van der Waals surface area contributed by atoms with Gasteiger partial charge in [0.25, 0.3) is 17.6 Å². The molecule has 2 amide bonds. The molecule has 0 saturated carbocycles. The van der Waals surface area contributed by atoms with E-state index in [2.05, 4.69) is 30.8 Å². The van der Waals surface area contributed by atoms with Crippen molar-refractivity contribution in [1.82, 2.24) is 15.2 Å². The van der Waals surface area contributed by atoms with Gasteiger partial charge in [0.15, 0.2) is 10.8 Å². The van der Waals surface area contributed by atoms with E-state index in [1.807, 2.05) is 0 Å². The van der Waals surface area contributed by atoms with Crippen molar-refractivity contribution in [1.29, 1.82) is 0 Å². The highest BCUT2D eigenvalue weighted by molar-refractivity contribution is 8.00. The Morgan fingerprint density at radius 1 is 1.46 bits per heavy atom. The first-order valence-electron chi connectivity index (χ1n) is 10.1. The van der Waals surface area contributed by atoms with Crippen LogP contribution in [0.3, 0.4) is 0 Å². The average Bonchev–Trinajstić information content (AvgIpc) is 3.46. The Labute approximate surface area is 205 Å². The summed E-state index contributed by atoms with van der Waals surface area (Å²) in [6.07, 6.45) is 6.50. The molecule has 1 fully saturated rings. The van der Waals surface area contributed by atoms with Gasteiger partial charge in [0, 0.05) is 22.8 Å². The van der Waals surface area contributed by atoms with Crippen LogP contribution in [0.1, 0.15) is 5.69 Å². The Kier molecular flexibility index (Phi) is 5.70. The van der Waals surface area contributed by atoms with Crippen LogP contribution in [-0.4, -0.2) is 87.2 Å². The molecule has 35 heavy (non-hydrogen) atoms. The molecule has 2 unspecified atom stereocenters. The number of carboxylic acid groups (broad SMARTS) is 1. The molecule has 1 aromatic heterocycles. The number of allylic oxidation sites excluding steroid dienone is 1. The fourth-order valence-electron chi connectivity index (χ4n) is 3.99. The van der Waals surface area contributed by atoms with E-state index in [9.17, 15) is 19.5 Å². The van der Waals surface area contributed by atoms with E-state index in [4.69, 9.17) is 10.6 Å². The average molecular weight is 516 g/mol. The summed E-state index contributed by atoms with van der Waals surface area (Å²) in [6, 6.07) is -0.977. The standard InChI is InChI=1S/C19H17N9O5S2/c1-33-26-12(10-7-35-19(20)23-10)15(29)24-13-16(30)27-14(18(31)32)9(6-34-17(13)27)5-28-8-21-25-11(28)3-2-4-22-28/h2-4,7-8,13,17H,5-6H2,1H3,(H3-,20,23,24,29,31,32)/b26-12-/t13-,17?,28?/m1/s1. The number of thioether (sulfide) groups is 1. The lowest BCUT2D eigenvalue weighted by Crippen LogP contribution is -2.71. The number of thiazole rings is 1. The fourth-order valence-corrected chi connectivity index (χ4v) is 5.88. The first-order chi connectivity index (χ1) is 16.8. The molecule has 4 aliphatic rings. The topological polar surface area (TPSA) is 187 Å². The maximum atomic E-state index is 13.0. The number of nitrogens with zero attached hydrogens (tertiary/aromatic N) is 7. The molecule has 3 N–H and O–H groups in total. The van der Waals surface area contributed by atoms with E-state index in [1.165, 1.54) is 30.6 Å². The minimum atomic E-state index is -1.49. The van der Waals surface area contributed by atoms with Gasteiger partial charge in [-0.1, -0.05) is 20.5 Å². The van der Waals surface area contributed by atoms with Gasteiger partial charge in [-0.05, 0) is 6.08 Å². The number of carboxylic acids is 1. The number of fused-ring (bicyclic) bond motifs is 2. The smallest absolute Gasteiger partial charge is 0.279 e. The predicted octanol–water partition coefficient (Wildman–Crippen LogP) is -1.79.